The highest BCUT2D eigenvalue weighted by Crippen LogP contribution is 2.25. The van der Waals surface area contributed by atoms with Gasteiger partial charge in [-0.25, -0.2) is 0 Å². The van der Waals surface area contributed by atoms with Crippen LogP contribution in [0.25, 0.3) is 0 Å². The van der Waals surface area contributed by atoms with E-state index in [0.717, 1.165) is 6.54 Å². The Kier molecular flexibility index (Phi) is 24.2. The van der Waals surface area contributed by atoms with Crippen LogP contribution in [0.4, 0.5) is 0 Å². The maximum atomic E-state index is 8.00. The molecule has 0 aromatic carbocycles. The number of unbranched alkanes of at least 4 members (excludes halogenated alkanes) is 15. The summed E-state index contributed by atoms with van der Waals surface area (Å²) < 4.78 is 0. The lowest BCUT2D eigenvalue weighted by Gasteiger charge is -2.03. The van der Waals surface area contributed by atoms with Gasteiger partial charge in [-0.05, 0) is 24.8 Å². The molecule has 6 heteroatoms. The summed E-state index contributed by atoms with van der Waals surface area (Å²) in [6, 6.07) is 0. The topological polar surface area (TPSA) is 66.5 Å². The van der Waals surface area contributed by atoms with Crippen molar-refractivity contribution in [3.8, 4) is 0 Å². The minimum absolute atomic E-state index is 0.873. The molecule has 0 unspecified atom stereocenters. The van der Waals surface area contributed by atoms with Crippen LogP contribution in [-0.4, -0.2) is 23.9 Å². The van der Waals surface area contributed by atoms with E-state index in [4.69, 9.17) is 15.5 Å². The normalized spacial score (nSPS) is 11.2. The van der Waals surface area contributed by atoms with Crippen LogP contribution in [-0.2, 0) is 11.8 Å². The van der Waals surface area contributed by atoms with Crippen molar-refractivity contribution in [2.45, 2.75) is 110 Å². The Balaban J connectivity index is 0. The molecule has 4 N–H and O–H groups in total. The first-order chi connectivity index (χ1) is 11.4. The van der Waals surface area contributed by atoms with Crippen LogP contribution >= 0.6 is 6.37 Å². The molecule has 0 radical (unpaired) electrons. The minimum atomic E-state index is -2.81. The fraction of sp³-hybridized carbons (Fsp3) is 1.00. The van der Waals surface area contributed by atoms with Crippen molar-refractivity contribution >= 4 is 25.7 Å². The molecule has 146 valence electrons. The molecule has 0 spiro atoms. The molecule has 0 fully saturated rings. The second-order valence-electron chi connectivity index (χ2n) is 6.93. The van der Waals surface area contributed by atoms with E-state index in [1.165, 1.54) is 110 Å². The van der Waals surface area contributed by atoms with Crippen LogP contribution in [0.3, 0.4) is 0 Å². The van der Waals surface area contributed by atoms with Crippen LogP contribution < -0.4 is 5.73 Å². The predicted molar refractivity (Wildman–Crippen MR) is 116 cm³/mol. The summed E-state index contributed by atoms with van der Waals surface area (Å²) in [4.78, 5) is 16.0. The van der Waals surface area contributed by atoms with E-state index in [2.05, 4.69) is 18.7 Å². The van der Waals surface area contributed by atoms with Crippen molar-refractivity contribution in [2.75, 3.05) is 6.54 Å². The number of hydrogen-bond donors (Lipinski definition) is 3. The van der Waals surface area contributed by atoms with Crippen LogP contribution in [0.15, 0.2) is 0 Å². The van der Waals surface area contributed by atoms with Gasteiger partial charge in [0.05, 0.1) is 0 Å². The summed E-state index contributed by atoms with van der Waals surface area (Å²) >= 11 is 4.05. The molecule has 0 saturated carbocycles. The summed E-state index contributed by atoms with van der Waals surface area (Å²) in [5, 5.41) is 0. The van der Waals surface area contributed by atoms with E-state index >= 15 is 0 Å². The summed E-state index contributed by atoms with van der Waals surface area (Å²) in [5.41, 5.74) is 5.48. The number of nitrogens with two attached hydrogens (primary N) is 1. The molecule has 0 bridgehead atoms. The number of rotatable bonds is 16. The second-order valence-corrected chi connectivity index (χ2v) is 10.7. The van der Waals surface area contributed by atoms with Crippen molar-refractivity contribution < 1.29 is 9.79 Å². The lowest BCUT2D eigenvalue weighted by atomic mass is 10.0. The van der Waals surface area contributed by atoms with Gasteiger partial charge in [0, 0.05) is 0 Å². The summed E-state index contributed by atoms with van der Waals surface area (Å²) in [5.74, 6) is 0. The van der Waals surface area contributed by atoms with Crippen LogP contribution in [0.5, 0.6) is 0 Å². The Morgan fingerprint density at radius 3 is 1.08 bits per heavy atom. The molecule has 0 rings (SSSR count). The van der Waals surface area contributed by atoms with Gasteiger partial charge in [-0.15, -0.1) is 0 Å². The average Bonchev–Trinajstić information content (AvgIpc) is 2.49. The van der Waals surface area contributed by atoms with Crippen molar-refractivity contribution in [3.05, 3.63) is 0 Å². The lowest BCUT2D eigenvalue weighted by Crippen LogP contribution is -1.97. The standard InChI is InChI=1S/C18H39N.BH4O2PS/c1-2-3-4-5-6-7-8-9-10-11-12-13-14-15-16-17-18-19;1-4(2,3)5/h2-19H2,1H3;1H2,(H2,2,3,5). The van der Waals surface area contributed by atoms with E-state index < -0.39 is 6.37 Å². The van der Waals surface area contributed by atoms with Gasteiger partial charge in [0.15, 0.2) is 0 Å². The molecule has 0 aliphatic heterocycles. The molecule has 3 nitrogen and oxygen atoms in total. The van der Waals surface area contributed by atoms with Crippen LogP contribution in [0.2, 0.25) is 0 Å². The third-order valence-electron chi connectivity index (χ3n) is 4.06. The Hall–Kier alpha value is 0.595. The van der Waals surface area contributed by atoms with Gasteiger partial charge in [-0.1, -0.05) is 103 Å². The minimum Gasteiger partial charge on any atom is -0.353 e. The van der Waals surface area contributed by atoms with Crippen LogP contribution in [0, 0.1) is 0 Å². The molecule has 24 heavy (non-hydrogen) atoms. The van der Waals surface area contributed by atoms with Crippen molar-refractivity contribution in [1.29, 1.82) is 0 Å². The fourth-order valence-corrected chi connectivity index (χ4v) is 2.69. The average molecular weight is 379 g/mol. The second kappa shape index (κ2) is 21.6. The molecule has 0 saturated heterocycles. The summed E-state index contributed by atoms with van der Waals surface area (Å²) in [6.45, 7) is 3.16. The van der Waals surface area contributed by atoms with Crippen molar-refractivity contribution in [3.63, 3.8) is 0 Å². The predicted octanol–water partition coefficient (Wildman–Crippen LogP) is 5.04. The summed E-state index contributed by atoms with van der Waals surface area (Å²) in [6.07, 6.45) is 20.0. The van der Waals surface area contributed by atoms with E-state index in [1.54, 1.807) is 0 Å². The highest BCUT2D eigenvalue weighted by Gasteiger charge is 1.94. The molecule has 0 amide bonds. The smallest absolute Gasteiger partial charge is 0.213 e. The van der Waals surface area contributed by atoms with E-state index in [1.807, 2.05) is 0 Å². The first-order valence-corrected chi connectivity index (χ1v) is 13.3. The monoisotopic (exact) mass is 379 g/mol. The van der Waals surface area contributed by atoms with Crippen molar-refractivity contribution in [1.82, 2.24) is 0 Å². The fourth-order valence-electron chi connectivity index (χ4n) is 2.69. The molecular weight excluding hydrogens is 336 g/mol. The molecule has 0 aromatic rings. The Morgan fingerprint density at radius 2 is 0.875 bits per heavy atom. The molecule has 0 atom stereocenters. The molecule has 0 aliphatic carbocycles. The third-order valence-corrected chi connectivity index (χ3v) is 4.06. The van der Waals surface area contributed by atoms with Gasteiger partial charge in [-0.2, -0.15) is 0 Å². The molecule has 0 aliphatic rings. The van der Waals surface area contributed by atoms with E-state index in [0.29, 0.717) is 0 Å². The Morgan fingerprint density at radius 1 is 0.667 bits per heavy atom. The summed E-state index contributed by atoms with van der Waals surface area (Å²) in [7, 11) is 1.22. The SMILES string of the molecule is BP(O)(O)=S.CCCCCCCCCCCCCCCCCCN. The highest BCUT2D eigenvalue weighted by molar-refractivity contribution is 8.20. The first kappa shape index (κ1) is 26.8. The quantitative estimate of drug-likeness (QED) is 0.200. The number of hydrogen-bond acceptors (Lipinski definition) is 2. The zero-order valence-electron chi connectivity index (χ0n) is 16.3. The highest BCUT2D eigenvalue weighted by atomic mass is 32.4. The zero-order valence-corrected chi connectivity index (χ0v) is 18.1. The van der Waals surface area contributed by atoms with E-state index in [9.17, 15) is 0 Å². The molecule has 0 aromatic heterocycles. The van der Waals surface area contributed by atoms with Crippen molar-refractivity contribution in [2.24, 2.45) is 5.73 Å². The molecular formula is C18H43BNO2PS. The van der Waals surface area contributed by atoms with Gasteiger partial charge >= 0.3 is 0 Å². The Labute approximate surface area is 157 Å². The maximum Gasteiger partial charge on any atom is 0.213 e. The van der Waals surface area contributed by atoms with Gasteiger partial charge in [0.25, 0.3) is 0 Å². The van der Waals surface area contributed by atoms with Gasteiger partial charge in [0.2, 0.25) is 7.57 Å². The largest absolute Gasteiger partial charge is 0.353 e. The molecule has 0 heterocycles. The first-order valence-electron chi connectivity index (χ1n) is 10.1. The van der Waals surface area contributed by atoms with Gasteiger partial charge in [-0.3, -0.25) is 0 Å². The van der Waals surface area contributed by atoms with Gasteiger partial charge in [0.1, 0.15) is 6.37 Å². The van der Waals surface area contributed by atoms with Crippen LogP contribution in [0.1, 0.15) is 110 Å². The lowest BCUT2D eigenvalue weighted by molar-refractivity contribution is 0.500. The zero-order chi connectivity index (χ0) is 18.5. The Bertz CT molecular complexity index is 253. The van der Waals surface area contributed by atoms with Gasteiger partial charge < -0.3 is 15.5 Å². The maximum absolute atomic E-state index is 8.00. The third kappa shape index (κ3) is 38.3. The van der Waals surface area contributed by atoms with E-state index in [-0.39, 0.29) is 0 Å².